The number of aliphatic hydroxyl groups is 1. The number of nitrogens with zero attached hydrogens (tertiary/aromatic N) is 1. The zero-order valence-electron chi connectivity index (χ0n) is 20.7. The maximum atomic E-state index is 13.1. The zero-order chi connectivity index (χ0) is 24.9. The Kier molecular flexibility index (Phi) is 7.54. The number of carbonyl (C=O) groups excluding carboxylic acids is 1. The molecule has 0 heterocycles. The average Bonchev–Trinajstić information content (AvgIpc) is 2.89. The van der Waals surface area contributed by atoms with Crippen LogP contribution in [-0.4, -0.2) is 30.3 Å². The maximum Gasteiger partial charge on any atom is 0.414 e. The fraction of sp³-hybridized carbons (Fsp3) is 0.367. The van der Waals surface area contributed by atoms with Crippen LogP contribution < -0.4 is 15.0 Å². The summed E-state index contributed by atoms with van der Waals surface area (Å²) in [5.41, 5.74) is 4.43. The number of rotatable bonds is 8. The normalized spacial score (nSPS) is 19.2. The molecule has 6 heteroatoms. The van der Waals surface area contributed by atoms with Gasteiger partial charge in [-0.15, -0.1) is 0 Å². The number of aliphatic hydroxyl groups excluding tert-OH is 1. The molecule has 2 N–H and O–H groups in total. The van der Waals surface area contributed by atoms with Crippen molar-refractivity contribution in [1.29, 1.82) is 0 Å². The van der Waals surface area contributed by atoms with Crippen molar-refractivity contribution in [3.63, 3.8) is 0 Å². The van der Waals surface area contributed by atoms with Gasteiger partial charge in [-0.05, 0) is 54.0 Å². The monoisotopic (exact) mass is 486 g/mol. The molecule has 2 aliphatic carbocycles. The third-order valence-corrected chi connectivity index (χ3v) is 7.29. The van der Waals surface area contributed by atoms with Crippen LogP contribution in [0.1, 0.15) is 54.0 Å². The first-order chi connectivity index (χ1) is 17.6. The third kappa shape index (κ3) is 5.40. The van der Waals surface area contributed by atoms with E-state index in [-0.39, 0.29) is 12.6 Å². The summed E-state index contributed by atoms with van der Waals surface area (Å²) in [4.78, 5) is 14.7. The first-order valence-corrected chi connectivity index (χ1v) is 12.8. The summed E-state index contributed by atoms with van der Waals surface area (Å²) >= 11 is 0. The molecule has 0 radical (unpaired) electrons. The average molecular weight is 487 g/mol. The molecule has 0 saturated heterocycles. The Morgan fingerprint density at radius 3 is 2.25 bits per heavy atom. The van der Waals surface area contributed by atoms with Crippen molar-refractivity contribution in [2.75, 3.05) is 11.9 Å². The summed E-state index contributed by atoms with van der Waals surface area (Å²) in [6, 6.07) is 23.9. The molecule has 2 aliphatic rings. The molecule has 3 aromatic rings. The lowest BCUT2D eigenvalue weighted by atomic mass is 9.82. The van der Waals surface area contributed by atoms with E-state index in [1.54, 1.807) is 7.05 Å². The lowest BCUT2D eigenvalue weighted by Crippen LogP contribution is -2.47. The van der Waals surface area contributed by atoms with Crippen molar-refractivity contribution in [3.8, 4) is 5.75 Å². The van der Waals surface area contributed by atoms with Gasteiger partial charge in [0.2, 0.25) is 0 Å². The minimum atomic E-state index is -0.634. The molecule has 0 spiro atoms. The van der Waals surface area contributed by atoms with E-state index in [1.165, 1.54) is 24.2 Å². The Hall–Kier alpha value is -3.35. The molecule has 0 unspecified atom stereocenters. The van der Waals surface area contributed by atoms with Crippen LogP contribution >= 0.6 is 0 Å². The van der Waals surface area contributed by atoms with Crippen LogP contribution in [0.3, 0.4) is 0 Å². The molecule has 2 atom stereocenters. The Morgan fingerprint density at radius 1 is 0.944 bits per heavy atom. The Bertz CT molecular complexity index is 1160. The van der Waals surface area contributed by atoms with Crippen molar-refractivity contribution in [2.45, 2.75) is 63.5 Å². The number of hydrogen-bond donors (Lipinski definition) is 2. The van der Waals surface area contributed by atoms with Gasteiger partial charge in [-0.25, -0.2) is 4.79 Å². The number of anilines is 1. The summed E-state index contributed by atoms with van der Waals surface area (Å²) in [6.45, 7) is 0.573. The topological polar surface area (TPSA) is 71.0 Å². The smallest absolute Gasteiger partial charge is 0.414 e. The number of ether oxygens (including phenoxy) is 2. The quantitative estimate of drug-likeness (QED) is 0.438. The van der Waals surface area contributed by atoms with Gasteiger partial charge in [0.05, 0.1) is 11.8 Å². The van der Waals surface area contributed by atoms with Crippen LogP contribution in [0.25, 0.3) is 0 Å². The number of amides is 1. The molecule has 6 nitrogen and oxygen atoms in total. The van der Waals surface area contributed by atoms with E-state index < -0.39 is 12.2 Å². The van der Waals surface area contributed by atoms with Gasteiger partial charge in [-0.1, -0.05) is 73.2 Å². The van der Waals surface area contributed by atoms with Crippen molar-refractivity contribution in [3.05, 3.63) is 95.1 Å². The van der Waals surface area contributed by atoms with E-state index >= 15 is 0 Å². The molecule has 5 rings (SSSR count). The number of benzene rings is 3. The van der Waals surface area contributed by atoms with Crippen LogP contribution in [0.4, 0.5) is 10.5 Å². The van der Waals surface area contributed by atoms with E-state index in [2.05, 4.69) is 5.32 Å². The van der Waals surface area contributed by atoms with Gasteiger partial charge >= 0.3 is 6.09 Å². The second-order valence-corrected chi connectivity index (χ2v) is 9.74. The van der Waals surface area contributed by atoms with Gasteiger partial charge in [0.1, 0.15) is 19.0 Å². The van der Waals surface area contributed by atoms with Gasteiger partial charge in [-0.2, -0.15) is 0 Å². The summed E-state index contributed by atoms with van der Waals surface area (Å²) in [7, 11) is 1.71. The predicted molar refractivity (Wildman–Crippen MR) is 140 cm³/mol. The van der Waals surface area contributed by atoms with Crippen LogP contribution in [0, 0.1) is 0 Å². The molecule has 1 amide bonds. The van der Waals surface area contributed by atoms with Gasteiger partial charge in [0, 0.05) is 19.1 Å². The number of carbonyl (C=O) groups is 1. The summed E-state index contributed by atoms with van der Waals surface area (Å²) < 4.78 is 11.9. The fourth-order valence-corrected chi connectivity index (χ4v) is 5.02. The van der Waals surface area contributed by atoms with Gasteiger partial charge in [0.25, 0.3) is 0 Å². The highest BCUT2D eigenvalue weighted by atomic mass is 16.6. The van der Waals surface area contributed by atoms with Crippen molar-refractivity contribution < 1.29 is 19.4 Å². The van der Waals surface area contributed by atoms with E-state index in [1.807, 2.05) is 72.8 Å². The second kappa shape index (κ2) is 11.1. The van der Waals surface area contributed by atoms with Crippen molar-refractivity contribution in [2.24, 2.45) is 0 Å². The standard InChI is InChI=1S/C30H34N2O4/c1-32(30(34)36-20-22-11-6-3-7-12-22)28-24-15-17-26(31-23-13-8-14-23)29(33)25(24)16-18-27(28)35-19-21-9-4-2-5-10-21/h2-7,9-12,16,18,23,26,29,31,33H,8,13-15,17,19-20H2,1H3/t26-,29-/m0/s1. The minimum absolute atomic E-state index is 0.0158. The number of nitrogens with one attached hydrogen (secondary N) is 1. The third-order valence-electron chi connectivity index (χ3n) is 7.29. The lowest BCUT2D eigenvalue weighted by molar-refractivity contribution is 0.0991. The van der Waals surface area contributed by atoms with E-state index in [0.29, 0.717) is 24.1 Å². The number of fused-ring (bicyclic) bond motifs is 1. The highest BCUT2D eigenvalue weighted by Crippen LogP contribution is 2.42. The fourth-order valence-electron chi connectivity index (χ4n) is 5.02. The molecular weight excluding hydrogens is 452 g/mol. The van der Waals surface area contributed by atoms with Crippen LogP contribution in [0.2, 0.25) is 0 Å². The van der Waals surface area contributed by atoms with Crippen LogP contribution in [0.5, 0.6) is 5.75 Å². The maximum absolute atomic E-state index is 13.1. The molecule has 188 valence electrons. The Balaban J connectivity index is 1.40. The first kappa shape index (κ1) is 24.3. The molecule has 1 fully saturated rings. The summed E-state index contributed by atoms with van der Waals surface area (Å²) in [5.74, 6) is 0.606. The largest absolute Gasteiger partial charge is 0.487 e. The molecule has 0 aromatic heterocycles. The highest BCUT2D eigenvalue weighted by molar-refractivity contribution is 5.91. The van der Waals surface area contributed by atoms with Gasteiger partial charge in [0.15, 0.2) is 0 Å². The molecular formula is C30H34N2O4. The molecule has 0 bridgehead atoms. The zero-order valence-corrected chi connectivity index (χ0v) is 20.7. The van der Waals surface area contributed by atoms with Gasteiger partial charge < -0.3 is 19.9 Å². The Labute approximate surface area is 212 Å². The van der Waals surface area contributed by atoms with E-state index in [9.17, 15) is 9.90 Å². The van der Waals surface area contributed by atoms with Gasteiger partial charge in [-0.3, -0.25) is 4.90 Å². The highest BCUT2D eigenvalue weighted by Gasteiger charge is 2.34. The SMILES string of the molecule is CN(C(=O)OCc1ccccc1)c1c(OCc2ccccc2)ccc2c1CC[C@H](NC1CCC1)[C@H]2O. The lowest BCUT2D eigenvalue weighted by Gasteiger charge is -2.38. The van der Waals surface area contributed by atoms with Crippen molar-refractivity contribution in [1.82, 2.24) is 5.32 Å². The molecule has 3 aromatic carbocycles. The summed E-state index contributed by atoms with van der Waals surface area (Å²) in [5, 5.41) is 14.9. The predicted octanol–water partition coefficient (Wildman–Crippen LogP) is 5.53. The number of hydrogen-bond acceptors (Lipinski definition) is 5. The van der Waals surface area contributed by atoms with E-state index in [0.717, 1.165) is 35.1 Å². The molecule has 36 heavy (non-hydrogen) atoms. The summed E-state index contributed by atoms with van der Waals surface area (Å²) in [6.07, 6.45) is 4.04. The van der Waals surface area contributed by atoms with Crippen LogP contribution in [-0.2, 0) is 24.4 Å². The van der Waals surface area contributed by atoms with Crippen molar-refractivity contribution >= 4 is 11.8 Å². The van der Waals surface area contributed by atoms with E-state index in [4.69, 9.17) is 9.47 Å². The molecule has 1 saturated carbocycles. The second-order valence-electron chi connectivity index (χ2n) is 9.74. The van der Waals surface area contributed by atoms with Crippen LogP contribution in [0.15, 0.2) is 72.8 Å². The molecule has 0 aliphatic heterocycles. The minimum Gasteiger partial charge on any atom is -0.487 e. The first-order valence-electron chi connectivity index (χ1n) is 12.8. The Morgan fingerprint density at radius 2 is 1.61 bits per heavy atom.